The quantitative estimate of drug-likeness (QED) is 0.151. The van der Waals surface area contributed by atoms with Gasteiger partial charge in [-0.05, 0) is 99.2 Å². The van der Waals surface area contributed by atoms with Crippen molar-refractivity contribution in [2.24, 2.45) is 0 Å². The average molecular weight is 541 g/mol. The van der Waals surface area contributed by atoms with E-state index in [1.165, 1.54) is 51.4 Å². The topological polar surface area (TPSA) is 44.2 Å². The highest BCUT2D eigenvalue weighted by atomic mass is 16.5. The molecule has 0 spiro atoms. The molecule has 4 nitrogen and oxygen atoms in total. The number of hydrogen-bond acceptors (Lipinski definition) is 4. The lowest BCUT2D eigenvalue weighted by Gasteiger charge is -2.14. The highest BCUT2D eigenvalue weighted by Gasteiger charge is 2.05. The van der Waals surface area contributed by atoms with Crippen molar-refractivity contribution >= 4 is 24.3 Å². The summed E-state index contributed by atoms with van der Waals surface area (Å²) >= 11 is 0. The summed E-state index contributed by atoms with van der Waals surface area (Å²) in [6.45, 7) is 8.79. The third kappa shape index (κ3) is 12.2. The summed E-state index contributed by atoms with van der Waals surface area (Å²) < 4.78 is 12.1. The Morgan fingerprint density at radius 2 is 0.925 bits per heavy atom. The van der Waals surface area contributed by atoms with Gasteiger partial charge >= 0.3 is 0 Å². The lowest BCUT2D eigenvalue weighted by molar-refractivity contribution is 0.206. The van der Waals surface area contributed by atoms with Gasteiger partial charge in [0, 0.05) is 0 Å². The number of aromatic nitrogens is 2. The molecule has 40 heavy (non-hydrogen) atoms. The number of ether oxygens (including phenoxy) is 2. The van der Waals surface area contributed by atoms with Crippen molar-refractivity contribution in [3.63, 3.8) is 0 Å². The molecule has 4 heteroatoms. The number of unbranched alkanes of at least 4 members (excludes halogenated alkanes) is 6. The van der Waals surface area contributed by atoms with Gasteiger partial charge < -0.3 is 9.47 Å². The van der Waals surface area contributed by atoms with E-state index in [9.17, 15) is 0 Å². The minimum atomic E-state index is 0.244. The van der Waals surface area contributed by atoms with Crippen LogP contribution in [0, 0.1) is 0 Å². The summed E-state index contributed by atoms with van der Waals surface area (Å²) in [5, 5.41) is 8.71. The SMILES string of the molecule is CCCCCC[C@H](C)Oc1ccc(/C=C/c2ccc(/C=C/c3ccc(O[C@@H](C)CCCCCC)cc3)nn2)cc1. The first-order valence-corrected chi connectivity index (χ1v) is 15.3. The normalized spacial score (nSPS) is 13.1. The first-order chi connectivity index (χ1) is 19.6. The standard InChI is InChI=1S/C36H48N2O2/c1-5-7-9-11-13-29(3)39-35-25-17-31(18-26-35)15-21-33-23-24-34(38-37-33)22-16-32-19-27-36(28-20-32)40-30(4)14-12-10-8-6-2/h15-30H,5-14H2,1-4H3/b21-15+,22-16+/t29-,30-/m0/s1. The molecule has 0 saturated carbocycles. The third-order valence-electron chi connectivity index (χ3n) is 6.96. The largest absolute Gasteiger partial charge is 0.491 e. The van der Waals surface area contributed by atoms with Gasteiger partial charge in [-0.25, -0.2) is 0 Å². The summed E-state index contributed by atoms with van der Waals surface area (Å²) in [5.74, 6) is 1.84. The van der Waals surface area contributed by atoms with Crippen LogP contribution in [0.2, 0.25) is 0 Å². The molecule has 1 heterocycles. The first kappa shape index (κ1) is 31.1. The summed E-state index contributed by atoms with van der Waals surface area (Å²) in [6, 6.07) is 20.4. The lowest BCUT2D eigenvalue weighted by atomic mass is 10.1. The van der Waals surface area contributed by atoms with Gasteiger partial charge in [-0.15, -0.1) is 0 Å². The maximum atomic E-state index is 6.06. The predicted molar refractivity (Wildman–Crippen MR) is 170 cm³/mol. The highest BCUT2D eigenvalue weighted by molar-refractivity contribution is 5.70. The molecule has 0 unspecified atom stereocenters. The minimum absolute atomic E-state index is 0.244. The van der Waals surface area contributed by atoms with Gasteiger partial charge in [-0.3, -0.25) is 0 Å². The molecule has 0 fully saturated rings. The molecule has 2 aromatic carbocycles. The van der Waals surface area contributed by atoms with E-state index in [-0.39, 0.29) is 12.2 Å². The van der Waals surface area contributed by atoms with Gasteiger partial charge in [0.25, 0.3) is 0 Å². The van der Waals surface area contributed by atoms with Crippen molar-refractivity contribution in [1.29, 1.82) is 0 Å². The fourth-order valence-corrected chi connectivity index (χ4v) is 4.51. The molecule has 1 aromatic heterocycles. The zero-order valence-corrected chi connectivity index (χ0v) is 25.0. The number of rotatable bonds is 18. The van der Waals surface area contributed by atoms with E-state index in [4.69, 9.17) is 9.47 Å². The third-order valence-corrected chi connectivity index (χ3v) is 6.96. The van der Waals surface area contributed by atoms with E-state index in [1.807, 2.05) is 60.7 Å². The molecule has 0 saturated heterocycles. The van der Waals surface area contributed by atoms with Gasteiger partial charge in [-0.1, -0.05) is 88.8 Å². The molecular weight excluding hydrogens is 492 g/mol. The Bertz CT molecular complexity index is 1040. The van der Waals surface area contributed by atoms with Crippen molar-refractivity contribution in [1.82, 2.24) is 10.2 Å². The highest BCUT2D eigenvalue weighted by Crippen LogP contribution is 2.19. The average Bonchev–Trinajstić information content (AvgIpc) is 2.97. The molecule has 0 bridgehead atoms. The van der Waals surface area contributed by atoms with E-state index in [0.717, 1.165) is 46.9 Å². The fraction of sp³-hybridized carbons (Fsp3) is 0.444. The molecule has 3 aromatic rings. The summed E-state index contributed by atoms with van der Waals surface area (Å²) in [4.78, 5) is 0. The van der Waals surface area contributed by atoms with Crippen LogP contribution in [0.3, 0.4) is 0 Å². The van der Waals surface area contributed by atoms with Crippen LogP contribution in [0.1, 0.15) is 114 Å². The minimum Gasteiger partial charge on any atom is -0.491 e. The second kappa shape index (κ2) is 18.0. The van der Waals surface area contributed by atoms with E-state index >= 15 is 0 Å². The Balaban J connectivity index is 1.43. The first-order valence-electron chi connectivity index (χ1n) is 15.3. The van der Waals surface area contributed by atoms with Gasteiger partial charge in [0.2, 0.25) is 0 Å². The van der Waals surface area contributed by atoms with Crippen molar-refractivity contribution in [2.45, 2.75) is 104 Å². The molecule has 0 amide bonds. The molecule has 214 valence electrons. The monoisotopic (exact) mass is 540 g/mol. The molecule has 0 aliphatic heterocycles. The van der Waals surface area contributed by atoms with Gasteiger partial charge in [0.15, 0.2) is 0 Å². The molecular formula is C36H48N2O2. The maximum Gasteiger partial charge on any atom is 0.119 e. The van der Waals surface area contributed by atoms with Crippen molar-refractivity contribution in [2.75, 3.05) is 0 Å². The molecule has 0 aliphatic carbocycles. The zero-order valence-electron chi connectivity index (χ0n) is 25.0. The number of hydrogen-bond donors (Lipinski definition) is 0. The summed E-state index contributed by atoms with van der Waals surface area (Å²) in [7, 11) is 0. The second-order valence-corrected chi connectivity index (χ2v) is 10.7. The molecule has 0 aliphatic rings. The summed E-state index contributed by atoms with van der Waals surface area (Å²) in [6.07, 6.45) is 20.9. The Hall–Kier alpha value is -3.40. The van der Waals surface area contributed by atoms with E-state index in [0.29, 0.717) is 0 Å². The fourth-order valence-electron chi connectivity index (χ4n) is 4.51. The van der Waals surface area contributed by atoms with Crippen LogP contribution in [0.4, 0.5) is 0 Å². The van der Waals surface area contributed by atoms with Crippen LogP contribution in [-0.2, 0) is 0 Å². The Kier molecular flexibility index (Phi) is 14.0. The van der Waals surface area contributed by atoms with E-state index in [1.54, 1.807) is 0 Å². The second-order valence-electron chi connectivity index (χ2n) is 10.7. The van der Waals surface area contributed by atoms with Crippen LogP contribution >= 0.6 is 0 Å². The Morgan fingerprint density at radius 3 is 1.27 bits per heavy atom. The van der Waals surface area contributed by atoms with E-state index < -0.39 is 0 Å². The number of benzene rings is 2. The van der Waals surface area contributed by atoms with E-state index in [2.05, 4.69) is 62.2 Å². The molecule has 2 atom stereocenters. The van der Waals surface area contributed by atoms with Crippen molar-refractivity contribution < 1.29 is 9.47 Å². The Labute approximate surface area is 242 Å². The predicted octanol–water partition coefficient (Wildman–Crippen LogP) is 10.3. The van der Waals surface area contributed by atoms with Crippen molar-refractivity contribution in [3.05, 3.63) is 83.2 Å². The van der Waals surface area contributed by atoms with Crippen LogP contribution in [0.15, 0.2) is 60.7 Å². The van der Waals surface area contributed by atoms with Crippen LogP contribution in [-0.4, -0.2) is 22.4 Å². The van der Waals surface area contributed by atoms with Crippen LogP contribution < -0.4 is 9.47 Å². The van der Waals surface area contributed by atoms with Crippen LogP contribution in [0.25, 0.3) is 24.3 Å². The number of nitrogens with zero attached hydrogens (tertiary/aromatic N) is 2. The smallest absolute Gasteiger partial charge is 0.119 e. The van der Waals surface area contributed by atoms with Crippen molar-refractivity contribution in [3.8, 4) is 11.5 Å². The molecule has 0 radical (unpaired) electrons. The summed E-state index contributed by atoms with van der Waals surface area (Å²) in [5.41, 5.74) is 3.85. The maximum absolute atomic E-state index is 6.06. The van der Waals surface area contributed by atoms with Gasteiger partial charge in [0.1, 0.15) is 11.5 Å². The van der Waals surface area contributed by atoms with Crippen LogP contribution in [0.5, 0.6) is 11.5 Å². The lowest BCUT2D eigenvalue weighted by Crippen LogP contribution is -2.11. The molecule has 0 N–H and O–H groups in total. The molecule has 3 rings (SSSR count). The van der Waals surface area contributed by atoms with Gasteiger partial charge in [-0.2, -0.15) is 10.2 Å². The Morgan fingerprint density at radius 1 is 0.525 bits per heavy atom. The zero-order chi connectivity index (χ0) is 28.4. The van der Waals surface area contributed by atoms with Gasteiger partial charge in [0.05, 0.1) is 23.6 Å².